The van der Waals surface area contributed by atoms with Gasteiger partial charge in [-0.2, -0.15) is 0 Å². The number of benzene rings is 2. The molecule has 0 aliphatic rings. The average Bonchev–Trinajstić information content (AvgIpc) is 2.66. The summed E-state index contributed by atoms with van der Waals surface area (Å²) >= 11 is 0. The molecule has 0 aromatic heterocycles. The van der Waals surface area contributed by atoms with Gasteiger partial charge in [-0.15, -0.1) is 0 Å². The molecule has 150 valence electrons. The number of amides is 2. The summed E-state index contributed by atoms with van der Waals surface area (Å²) in [6, 6.07) is 11.3. The van der Waals surface area contributed by atoms with Gasteiger partial charge in [0.05, 0.1) is 11.4 Å². The summed E-state index contributed by atoms with van der Waals surface area (Å²) in [5.74, 6) is -0.797. The second-order valence-electron chi connectivity index (χ2n) is 6.48. The average molecular weight is 404 g/mol. The van der Waals surface area contributed by atoms with Crippen LogP contribution >= 0.6 is 0 Å². The van der Waals surface area contributed by atoms with E-state index in [4.69, 9.17) is 0 Å². The van der Waals surface area contributed by atoms with Gasteiger partial charge in [0.1, 0.15) is 0 Å². The summed E-state index contributed by atoms with van der Waals surface area (Å²) in [5.41, 5.74) is 2.26. The SMILES string of the molecule is CCCNC(=O)CNC(=O)c1cc(S(=O)(=O)Nc2ccc(C)cc2)ccc1C. The number of rotatable bonds is 8. The Kier molecular flexibility index (Phi) is 7.17. The van der Waals surface area contributed by atoms with Crippen LogP contribution in [0.1, 0.15) is 34.8 Å². The molecule has 2 aromatic carbocycles. The van der Waals surface area contributed by atoms with Gasteiger partial charge in [0.25, 0.3) is 15.9 Å². The lowest BCUT2D eigenvalue weighted by Crippen LogP contribution is -2.37. The molecule has 0 aliphatic heterocycles. The van der Waals surface area contributed by atoms with E-state index < -0.39 is 15.9 Å². The highest BCUT2D eigenvalue weighted by molar-refractivity contribution is 7.92. The highest BCUT2D eigenvalue weighted by Crippen LogP contribution is 2.19. The maximum Gasteiger partial charge on any atom is 0.261 e. The first-order valence-corrected chi connectivity index (χ1v) is 10.5. The van der Waals surface area contributed by atoms with Crippen LogP contribution in [0, 0.1) is 13.8 Å². The summed E-state index contributed by atoms with van der Waals surface area (Å²) < 4.78 is 27.8. The van der Waals surface area contributed by atoms with E-state index in [2.05, 4.69) is 15.4 Å². The maximum atomic E-state index is 12.7. The molecular formula is C20H25N3O4S. The van der Waals surface area contributed by atoms with Crippen molar-refractivity contribution in [3.63, 3.8) is 0 Å². The first kappa shape index (κ1) is 21.4. The van der Waals surface area contributed by atoms with Crippen LogP contribution in [0.25, 0.3) is 0 Å². The van der Waals surface area contributed by atoms with Gasteiger partial charge in [0, 0.05) is 17.8 Å². The fraction of sp³-hybridized carbons (Fsp3) is 0.300. The van der Waals surface area contributed by atoms with E-state index in [0.29, 0.717) is 17.8 Å². The number of hydrogen-bond donors (Lipinski definition) is 3. The van der Waals surface area contributed by atoms with E-state index in [1.54, 1.807) is 37.3 Å². The van der Waals surface area contributed by atoms with Crippen molar-refractivity contribution >= 4 is 27.5 Å². The molecule has 0 heterocycles. The van der Waals surface area contributed by atoms with Crippen molar-refractivity contribution < 1.29 is 18.0 Å². The number of carbonyl (C=O) groups excluding carboxylic acids is 2. The molecule has 0 aliphatic carbocycles. The monoisotopic (exact) mass is 403 g/mol. The Hall–Kier alpha value is -2.87. The minimum absolute atomic E-state index is 0.0285. The standard InChI is InChI=1S/C20H25N3O4S/c1-4-11-21-19(24)13-22-20(25)18-12-17(10-7-15(18)3)28(26,27)23-16-8-5-14(2)6-9-16/h5-10,12,23H,4,11,13H2,1-3H3,(H,21,24)(H,22,25). The van der Waals surface area contributed by atoms with Gasteiger partial charge < -0.3 is 10.6 Å². The molecule has 0 unspecified atom stereocenters. The summed E-state index contributed by atoms with van der Waals surface area (Å²) in [4.78, 5) is 24.0. The highest BCUT2D eigenvalue weighted by Gasteiger charge is 2.18. The van der Waals surface area contributed by atoms with Gasteiger partial charge in [-0.1, -0.05) is 30.7 Å². The van der Waals surface area contributed by atoms with Crippen molar-refractivity contribution in [2.45, 2.75) is 32.1 Å². The largest absolute Gasteiger partial charge is 0.355 e. The fourth-order valence-corrected chi connectivity index (χ4v) is 3.52. The zero-order valence-electron chi connectivity index (χ0n) is 16.2. The molecule has 2 rings (SSSR count). The lowest BCUT2D eigenvalue weighted by Gasteiger charge is -2.12. The molecule has 0 bridgehead atoms. The van der Waals surface area contributed by atoms with E-state index in [1.807, 2.05) is 13.8 Å². The normalized spacial score (nSPS) is 11.0. The first-order chi connectivity index (χ1) is 13.2. The van der Waals surface area contributed by atoms with Crippen LogP contribution in [0.2, 0.25) is 0 Å². The lowest BCUT2D eigenvalue weighted by molar-refractivity contribution is -0.120. The Morgan fingerprint density at radius 2 is 1.64 bits per heavy atom. The number of hydrogen-bond acceptors (Lipinski definition) is 4. The molecule has 2 aromatic rings. The Labute approximate surface area is 165 Å². The van der Waals surface area contributed by atoms with Crippen LogP contribution in [0.4, 0.5) is 5.69 Å². The van der Waals surface area contributed by atoms with Gasteiger partial charge in [0.2, 0.25) is 5.91 Å². The van der Waals surface area contributed by atoms with E-state index in [-0.39, 0.29) is 22.9 Å². The third kappa shape index (κ3) is 5.82. The van der Waals surface area contributed by atoms with Crippen LogP contribution in [0.15, 0.2) is 47.4 Å². The Balaban J connectivity index is 2.16. The molecule has 0 saturated carbocycles. The number of aryl methyl sites for hydroxylation is 2. The topological polar surface area (TPSA) is 104 Å². The second kappa shape index (κ2) is 9.36. The van der Waals surface area contributed by atoms with Crippen LogP contribution in [-0.2, 0) is 14.8 Å². The summed E-state index contributed by atoms with van der Waals surface area (Å²) in [6.45, 7) is 5.91. The van der Waals surface area contributed by atoms with Crippen molar-refractivity contribution in [1.29, 1.82) is 0 Å². The summed E-state index contributed by atoms with van der Waals surface area (Å²) in [5, 5.41) is 5.18. The van der Waals surface area contributed by atoms with Crippen LogP contribution < -0.4 is 15.4 Å². The highest BCUT2D eigenvalue weighted by atomic mass is 32.2. The summed E-state index contributed by atoms with van der Waals surface area (Å²) in [6.07, 6.45) is 0.798. The number of sulfonamides is 1. The first-order valence-electron chi connectivity index (χ1n) is 8.98. The zero-order valence-corrected chi connectivity index (χ0v) is 17.0. The van der Waals surface area contributed by atoms with Crippen molar-refractivity contribution in [2.24, 2.45) is 0 Å². The van der Waals surface area contributed by atoms with Gasteiger partial charge in [-0.3, -0.25) is 14.3 Å². The fourth-order valence-electron chi connectivity index (χ4n) is 2.43. The Bertz CT molecular complexity index is 954. The number of anilines is 1. The predicted molar refractivity (Wildman–Crippen MR) is 109 cm³/mol. The molecule has 28 heavy (non-hydrogen) atoms. The van der Waals surface area contributed by atoms with Gasteiger partial charge in [-0.05, 0) is 50.1 Å². The van der Waals surface area contributed by atoms with Crippen LogP contribution in [0.5, 0.6) is 0 Å². The molecule has 0 spiro atoms. The molecule has 0 atom stereocenters. The van der Waals surface area contributed by atoms with Gasteiger partial charge >= 0.3 is 0 Å². The molecule has 8 heteroatoms. The van der Waals surface area contributed by atoms with Crippen LogP contribution in [0.3, 0.4) is 0 Å². The maximum absolute atomic E-state index is 12.7. The molecule has 0 radical (unpaired) electrons. The van der Waals surface area contributed by atoms with E-state index in [1.165, 1.54) is 12.1 Å². The predicted octanol–water partition coefficient (Wildman–Crippen LogP) is 2.36. The van der Waals surface area contributed by atoms with E-state index >= 15 is 0 Å². The second-order valence-corrected chi connectivity index (χ2v) is 8.16. The number of carbonyl (C=O) groups is 2. The third-order valence-electron chi connectivity index (χ3n) is 4.05. The van der Waals surface area contributed by atoms with Gasteiger partial charge in [0.15, 0.2) is 0 Å². The molecular weight excluding hydrogens is 378 g/mol. The smallest absolute Gasteiger partial charge is 0.261 e. The minimum Gasteiger partial charge on any atom is -0.355 e. The number of nitrogens with one attached hydrogen (secondary N) is 3. The molecule has 3 N–H and O–H groups in total. The molecule has 0 saturated heterocycles. The quantitative estimate of drug-likeness (QED) is 0.629. The molecule has 2 amide bonds. The van der Waals surface area contributed by atoms with Crippen molar-refractivity contribution in [1.82, 2.24) is 10.6 Å². The lowest BCUT2D eigenvalue weighted by atomic mass is 10.1. The minimum atomic E-state index is -3.85. The van der Waals surface area contributed by atoms with Crippen LogP contribution in [-0.4, -0.2) is 33.3 Å². The molecule has 7 nitrogen and oxygen atoms in total. The van der Waals surface area contributed by atoms with Crippen molar-refractivity contribution in [2.75, 3.05) is 17.8 Å². The third-order valence-corrected chi connectivity index (χ3v) is 5.43. The van der Waals surface area contributed by atoms with E-state index in [0.717, 1.165) is 12.0 Å². The Morgan fingerprint density at radius 3 is 2.29 bits per heavy atom. The Morgan fingerprint density at radius 1 is 0.964 bits per heavy atom. The summed E-state index contributed by atoms with van der Waals surface area (Å²) in [7, 11) is -3.85. The molecule has 0 fully saturated rings. The van der Waals surface area contributed by atoms with Crippen molar-refractivity contribution in [3.8, 4) is 0 Å². The van der Waals surface area contributed by atoms with Gasteiger partial charge in [-0.25, -0.2) is 8.42 Å². The van der Waals surface area contributed by atoms with E-state index in [9.17, 15) is 18.0 Å². The zero-order chi connectivity index (χ0) is 20.7. The van der Waals surface area contributed by atoms with Crippen molar-refractivity contribution in [3.05, 3.63) is 59.2 Å².